The number of benzene rings is 2. The average molecular weight is 256 g/mol. The molecule has 2 aromatic carbocycles. The first-order valence-electron chi connectivity index (χ1n) is 6.33. The van der Waals surface area contributed by atoms with Gasteiger partial charge in [0.15, 0.2) is 0 Å². The Morgan fingerprint density at radius 2 is 1.15 bits per heavy atom. The van der Waals surface area contributed by atoms with Gasteiger partial charge in [-0.15, -0.1) is 5.92 Å². The van der Waals surface area contributed by atoms with E-state index in [1.165, 1.54) is 0 Å². The van der Waals surface area contributed by atoms with Gasteiger partial charge in [-0.2, -0.15) is 0 Å². The predicted molar refractivity (Wildman–Crippen MR) is 83.7 cm³/mol. The van der Waals surface area contributed by atoms with Gasteiger partial charge in [0.2, 0.25) is 0 Å². The number of rotatable bonds is 0. The minimum atomic E-state index is 0.904. The summed E-state index contributed by atoms with van der Waals surface area (Å²) in [5, 5.41) is 0. The van der Waals surface area contributed by atoms with Gasteiger partial charge in [-0.05, 0) is 31.2 Å². The molecule has 0 bridgehead atoms. The van der Waals surface area contributed by atoms with Gasteiger partial charge in [0.05, 0.1) is 0 Å². The fraction of sp³-hybridized carbons (Fsp3) is 0.105. The summed E-state index contributed by atoms with van der Waals surface area (Å²) in [6.45, 7) is 1.83. The SMILES string of the molecule is CC#Cc1ccccc1C#Cc1ccccc1C#[N+]C. The van der Waals surface area contributed by atoms with Crippen molar-refractivity contribution in [2.24, 2.45) is 0 Å². The molecule has 0 saturated carbocycles. The van der Waals surface area contributed by atoms with Crippen LogP contribution in [0.3, 0.4) is 0 Å². The van der Waals surface area contributed by atoms with Crippen LogP contribution in [0.5, 0.6) is 0 Å². The fourth-order valence-corrected chi connectivity index (χ4v) is 1.78. The summed E-state index contributed by atoms with van der Waals surface area (Å²) in [6, 6.07) is 18.7. The van der Waals surface area contributed by atoms with Crippen LogP contribution in [-0.4, -0.2) is 7.05 Å². The summed E-state index contributed by atoms with van der Waals surface area (Å²) < 4.78 is 0. The third-order valence-electron chi connectivity index (χ3n) is 2.68. The lowest BCUT2D eigenvalue weighted by Crippen LogP contribution is -1.85. The molecule has 0 spiro atoms. The highest BCUT2D eigenvalue weighted by Crippen LogP contribution is 2.08. The van der Waals surface area contributed by atoms with E-state index in [1.807, 2.05) is 55.5 Å². The second-order valence-electron chi connectivity index (χ2n) is 4.05. The Bertz CT molecular complexity index is 729. The van der Waals surface area contributed by atoms with E-state index in [-0.39, 0.29) is 0 Å². The van der Waals surface area contributed by atoms with Crippen molar-refractivity contribution in [3.8, 4) is 29.8 Å². The highest BCUT2D eigenvalue weighted by atomic mass is 14.6. The molecule has 0 saturated heterocycles. The smallest absolute Gasteiger partial charge is 0.101 e. The molecule has 0 aliphatic heterocycles. The normalized spacial score (nSPS) is 8.30. The molecule has 0 unspecified atom stereocenters. The van der Waals surface area contributed by atoms with E-state index in [1.54, 1.807) is 7.05 Å². The molecule has 0 aromatic heterocycles. The predicted octanol–water partition coefficient (Wildman–Crippen LogP) is 3.77. The van der Waals surface area contributed by atoms with Crippen LogP contribution >= 0.6 is 0 Å². The Hall–Kier alpha value is -2.95. The van der Waals surface area contributed by atoms with Crippen LogP contribution in [0.1, 0.15) is 29.2 Å². The lowest BCUT2D eigenvalue weighted by Gasteiger charge is -1.95. The molecule has 1 heteroatoms. The van der Waals surface area contributed by atoms with Crippen LogP contribution < -0.4 is 0 Å². The van der Waals surface area contributed by atoms with Gasteiger partial charge in [-0.25, -0.2) is 0 Å². The Morgan fingerprint density at radius 3 is 1.65 bits per heavy atom. The van der Waals surface area contributed by atoms with E-state index < -0.39 is 0 Å². The first kappa shape index (κ1) is 13.5. The molecule has 0 radical (unpaired) electrons. The van der Waals surface area contributed by atoms with E-state index in [2.05, 4.69) is 34.6 Å². The molecule has 0 aliphatic rings. The largest absolute Gasteiger partial charge is 0.311 e. The topological polar surface area (TPSA) is 4.36 Å². The maximum atomic E-state index is 3.93. The molecule has 94 valence electrons. The standard InChI is InChI=1S/C19H14N/c1-3-8-16-9-4-5-10-17(16)13-14-18-11-6-7-12-19(18)15-20-2/h4-7,9-12H,1-2H3/q+1. The van der Waals surface area contributed by atoms with Gasteiger partial charge in [-0.3, -0.25) is 0 Å². The van der Waals surface area contributed by atoms with Crippen molar-refractivity contribution in [2.45, 2.75) is 6.92 Å². The molecule has 0 N–H and O–H groups in total. The molecule has 0 fully saturated rings. The third kappa shape index (κ3) is 3.29. The van der Waals surface area contributed by atoms with Crippen LogP contribution in [0.15, 0.2) is 48.5 Å². The molecule has 2 aromatic rings. The molecule has 0 amide bonds. The lowest BCUT2D eigenvalue weighted by atomic mass is 10.1. The first-order valence-corrected chi connectivity index (χ1v) is 6.33. The minimum Gasteiger partial charge on any atom is -0.101 e. The summed E-state index contributed by atoms with van der Waals surface area (Å²) in [5.74, 6) is 12.3. The van der Waals surface area contributed by atoms with Crippen molar-refractivity contribution in [3.05, 3.63) is 75.6 Å². The summed E-state index contributed by atoms with van der Waals surface area (Å²) in [5.41, 5.74) is 3.71. The Balaban J connectivity index is 2.45. The zero-order valence-corrected chi connectivity index (χ0v) is 11.6. The fourth-order valence-electron chi connectivity index (χ4n) is 1.78. The average Bonchev–Trinajstić information content (AvgIpc) is 2.48. The Morgan fingerprint density at radius 1 is 0.700 bits per heavy atom. The molecule has 0 aliphatic carbocycles. The van der Waals surface area contributed by atoms with Crippen LogP contribution in [0, 0.1) is 29.8 Å². The first-order chi connectivity index (χ1) is 9.85. The quantitative estimate of drug-likeness (QED) is 0.632. The minimum absolute atomic E-state index is 0.904. The van der Waals surface area contributed by atoms with Gasteiger partial charge in [-0.1, -0.05) is 46.9 Å². The van der Waals surface area contributed by atoms with E-state index in [0.29, 0.717) is 0 Å². The Labute approximate surface area is 120 Å². The van der Waals surface area contributed by atoms with Crippen LogP contribution in [0.2, 0.25) is 0 Å². The number of nitrogens with zero attached hydrogens (tertiary/aromatic N) is 1. The lowest BCUT2D eigenvalue weighted by molar-refractivity contribution is 1.56. The number of hydrogen-bond donors (Lipinski definition) is 0. The maximum absolute atomic E-state index is 3.93. The van der Waals surface area contributed by atoms with E-state index in [0.717, 1.165) is 22.3 Å². The van der Waals surface area contributed by atoms with E-state index in [9.17, 15) is 0 Å². The van der Waals surface area contributed by atoms with Gasteiger partial charge < -0.3 is 0 Å². The van der Waals surface area contributed by atoms with Crippen LogP contribution in [0.25, 0.3) is 4.85 Å². The molecule has 1 nitrogen and oxygen atoms in total. The van der Waals surface area contributed by atoms with E-state index >= 15 is 0 Å². The molecule has 2 rings (SSSR count). The van der Waals surface area contributed by atoms with Crippen molar-refractivity contribution in [3.63, 3.8) is 0 Å². The van der Waals surface area contributed by atoms with Crippen molar-refractivity contribution in [2.75, 3.05) is 7.05 Å². The molecule has 0 heterocycles. The van der Waals surface area contributed by atoms with E-state index in [4.69, 9.17) is 0 Å². The van der Waals surface area contributed by atoms with Crippen molar-refractivity contribution >= 4 is 0 Å². The zero-order chi connectivity index (χ0) is 14.2. The molecular weight excluding hydrogens is 242 g/mol. The second-order valence-corrected chi connectivity index (χ2v) is 4.05. The monoisotopic (exact) mass is 256 g/mol. The molecule has 0 atom stereocenters. The summed E-state index contributed by atoms with van der Waals surface area (Å²) in [6.07, 6.45) is 0. The number of hydrogen-bond acceptors (Lipinski definition) is 0. The van der Waals surface area contributed by atoms with Crippen molar-refractivity contribution in [1.29, 1.82) is 0 Å². The van der Waals surface area contributed by atoms with Crippen LogP contribution in [0.4, 0.5) is 0 Å². The van der Waals surface area contributed by atoms with Gasteiger partial charge in [0.25, 0.3) is 7.05 Å². The van der Waals surface area contributed by atoms with Crippen LogP contribution in [-0.2, 0) is 0 Å². The molecule has 20 heavy (non-hydrogen) atoms. The summed E-state index contributed by atoms with van der Waals surface area (Å²) in [7, 11) is 1.70. The highest BCUT2D eigenvalue weighted by Gasteiger charge is 2.00. The van der Waals surface area contributed by atoms with Crippen molar-refractivity contribution in [1.82, 2.24) is 0 Å². The van der Waals surface area contributed by atoms with Gasteiger partial charge in [0.1, 0.15) is 5.56 Å². The summed E-state index contributed by atoms with van der Waals surface area (Å²) >= 11 is 0. The van der Waals surface area contributed by atoms with Gasteiger partial charge >= 0.3 is 6.07 Å². The maximum Gasteiger partial charge on any atom is 0.311 e. The second kappa shape index (κ2) is 6.84. The third-order valence-corrected chi connectivity index (χ3v) is 2.68. The summed E-state index contributed by atoms with van der Waals surface area (Å²) in [4.78, 5) is 3.93. The zero-order valence-electron chi connectivity index (χ0n) is 11.6. The molecular formula is C19H14N+. The Kier molecular flexibility index (Phi) is 4.61. The highest BCUT2D eigenvalue weighted by molar-refractivity contribution is 5.55. The van der Waals surface area contributed by atoms with Gasteiger partial charge in [0, 0.05) is 16.7 Å². The van der Waals surface area contributed by atoms with Crippen molar-refractivity contribution < 1.29 is 0 Å².